The second kappa shape index (κ2) is 3.83. The molecule has 2 N–H and O–H groups in total. The molecule has 1 atom stereocenters. The van der Waals surface area contributed by atoms with E-state index >= 15 is 0 Å². The summed E-state index contributed by atoms with van der Waals surface area (Å²) in [6, 6.07) is 4.39. The van der Waals surface area contributed by atoms with Gasteiger partial charge in [-0.2, -0.15) is 0 Å². The van der Waals surface area contributed by atoms with Gasteiger partial charge in [-0.1, -0.05) is 0 Å². The van der Waals surface area contributed by atoms with Crippen LogP contribution in [-0.2, 0) is 6.42 Å². The predicted molar refractivity (Wildman–Crippen MR) is 58.5 cm³/mol. The molecule has 80 valence electrons. The van der Waals surface area contributed by atoms with Crippen LogP contribution in [0.1, 0.15) is 12.5 Å². The first-order valence-corrected chi connectivity index (χ1v) is 5.07. The van der Waals surface area contributed by atoms with Crippen LogP contribution in [-0.4, -0.2) is 6.04 Å². The molecule has 1 heterocycles. The molecule has 0 amide bonds. The third-order valence-corrected chi connectivity index (χ3v) is 2.36. The third-order valence-electron chi connectivity index (χ3n) is 2.17. The maximum Gasteiger partial charge on any atom is 0.194 e. The zero-order chi connectivity index (χ0) is 11.0. The fraction of sp³-hybridized carbons (Fsp3) is 0.273. The molecule has 1 aromatic heterocycles. The number of benzene rings is 1. The molecule has 1 unspecified atom stereocenters. The smallest absolute Gasteiger partial charge is 0.194 e. The maximum atomic E-state index is 13.2. The summed E-state index contributed by atoms with van der Waals surface area (Å²) < 4.78 is 18.5. The van der Waals surface area contributed by atoms with Crippen molar-refractivity contribution in [2.45, 2.75) is 19.4 Å². The van der Waals surface area contributed by atoms with Gasteiger partial charge in [0.15, 0.2) is 5.22 Å². The van der Waals surface area contributed by atoms with Crippen molar-refractivity contribution in [2.24, 2.45) is 5.73 Å². The highest BCUT2D eigenvalue weighted by atomic mass is 35.5. The number of hydrogen-bond donors (Lipinski definition) is 1. The first-order chi connectivity index (χ1) is 7.06. The van der Waals surface area contributed by atoms with Crippen LogP contribution in [0.4, 0.5) is 4.39 Å². The Hall–Kier alpha value is -1.06. The van der Waals surface area contributed by atoms with Crippen molar-refractivity contribution in [1.29, 1.82) is 0 Å². The Morgan fingerprint density at radius 2 is 2.20 bits per heavy atom. The van der Waals surface area contributed by atoms with Crippen LogP contribution in [0.3, 0.4) is 0 Å². The molecule has 1 aromatic carbocycles. The Balaban J connectivity index is 2.59. The maximum absolute atomic E-state index is 13.2. The van der Waals surface area contributed by atoms with E-state index in [0.717, 1.165) is 5.56 Å². The molecule has 2 nitrogen and oxygen atoms in total. The lowest BCUT2D eigenvalue weighted by Crippen LogP contribution is -2.17. The standard InChI is InChI=1S/C11H11ClFNO/c1-6(14)2-7-3-9(13)4-8-5-10(12)15-11(7)8/h3-6H,2,14H2,1H3. The Morgan fingerprint density at radius 3 is 2.87 bits per heavy atom. The molecule has 0 aliphatic heterocycles. The quantitative estimate of drug-likeness (QED) is 0.856. The van der Waals surface area contributed by atoms with E-state index in [4.69, 9.17) is 21.8 Å². The molecule has 0 radical (unpaired) electrons. The van der Waals surface area contributed by atoms with Crippen LogP contribution in [0, 0.1) is 5.82 Å². The van der Waals surface area contributed by atoms with Gasteiger partial charge in [0, 0.05) is 17.5 Å². The number of furan rings is 1. The summed E-state index contributed by atoms with van der Waals surface area (Å²) >= 11 is 5.72. The zero-order valence-electron chi connectivity index (χ0n) is 8.26. The van der Waals surface area contributed by atoms with Gasteiger partial charge in [0.25, 0.3) is 0 Å². The van der Waals surface area contributed by atoms with E-state index in [2.05, 4.69) is 0 Å². The molecule has 2 aromatic rings. The molecule has 0 saturated carbocycles. The second-order valence-corrected chi connectivity index (χ2v) is 4.09. The average molecular weight is 228 g/mol. The summed E-state index contributed by atoms with van der Waals surface area (Å²) in [4.78, 5) is 0. The van der Waals surface area contributed by atoms with Crippen LogP contribution in [0.25, 0.3) is 11.0 Å². The van der Waals surface area contributed by atoms with Crippen LogP contribution in [0.2, 0.25) is 5.22 Å². The van der Waals surface area contributed by atoms with E-state index in [1.807, 2.05) is 6.92 Å². The number of rotatable bonds is 2. The highest BCUT2D eigenvalue weighted by Crippen LogP contribution is 2.27. The second-order valence-electron chi connectivity index (χ2n) is 3.72. The monoisotopic (exact) mass is 227 g/mol. The molecule has 4 heteroatoms. The fourth-order valence-corrected chi connectivity index (χ4v) is 1.85. The SMILES string of the molecule is CC(N)Cc1cc(F)cc2cc(Cl)oc12. The summed E-state index contributed by atoms with van der Waals surface area (Å²) in [6.45, 7) is 1.86. The fourth-order valence-electron chi connectivity index (χ4n) is 1.65. The van der Waals surface area contributed by atoms with Crippen molar-refractivity contribution in [3.63, 3.8) is 0 Å². The zero-order valence-corrected chi connectivity index (χ0v) is 9.01. The van der Waals surface area contributed by atoms with E-state index in [1.54, 1.807) is 6.07 Å². The van der Waals surface area contributed by atoms with Gasteiger partial charge in [-0.05, 0) is 42.6 Å². The van der Waals surface area contributed by atoms with E-state index in [9.17, 15) is 4.39 Å². The number of hydrogen-bond acceptors (Lipinski definition) is 2. The lowest BCUT2D eigenvalue weighted by Gasteiger charge is -2.05. The highest BCUT2D eigenvalue weighted by Gasteiger charge is 2.11. The minimum atomic E-state index is -0.296. The molecule has 0 bridgehead atoms. The third kappa shape index (κ3) is 2.13. The van der Waals surface area contributed by atoms with Gasteiger partial charge in [-0.25, -0.2) is 4.39 Å². The van der Waals surface area contributed by atoms with E-state index in [1.165, 1.54) is 12.1 Å². The van der Waals surface area contributed by atoms with Crippen molar-refractivity contribution in [2.75, 3.05) is 0 Å². The van der Waals surface area contributed by atoms with Gasteiger partial charge < -0.3 is 10.2 Å². The van der Waals surface area contributed by atoms with Gasteiger partial charge in [0.1, 0.15) is 11.4 Å². The summed E-state index contributed by atoms with van der Waals surface area (Å²) in [6.07, 6.45) is 0.568. The van der Waals surface area contributed by atoms with E-state index < -0.39 is 0 Å². The predicted octanol–water partition coefficient (Wildman–Crippen LogP) is 3.12. The van der Waals surface area contributed by atoms with Crippen LogP contribution >= 0.6 is 11.6 Å². The molecule has 0 spiro atoms. The Morgan fingerprint density at radius 1 is 1.47 bits per heavy atom. The first kappa shape index (κ1) is 10.5. The van der Waals surface area contributed by atoms with Crippen molar-refractivity contribution >= 4 is 22.6 Å². The van der Waals surface area contributed by atoms with E-state index in [-0.39, 0.29) is 17.1 Å². The number of halogens is 2. The largest absolute Gasteiger partial charge is 0.444 e. The molecular formula is C11H11ClFNO. The molecular weight excluding hydrogens is 217 g/mol. The van der Waals surface area contributed by atoms with Gasteiger partial charge in [0.2, 0.25) is 0 Å². The lowest BCUT2D eigenvalue weighted by molar-refractivity contribution is 0.599. The van der Waals surface area contributed by atoms with Crippen molar-refractivity contribution in [3.05, 3.63) is 34.8 Å². The minimum absolute atomic E-state index is 0.0427. The van der Waals surface area contributed by atoms with Crippen molar-refractivity contribution in [1.82, 2.24) is 0 Å². The highest BCUT2D eigenvalue weighted by molar-refractivity contribution is 6.29. The topological polar surface area (TPSA) is 39.2 Å². The van der Waals surface area contributed by atoms with Crippen LogP contribution < -0.4 is 5.73 Å². The van der Waals surface area contributed by atoms with Crippen LogP contribution in [0.15, 0.2) is 22.6 Å². The molecule has 0 fully saturated rings. The van der Waals surface area contributed by atoms with Gasteiger partial charge in [-0.3, -0.25) is 0 Å². The van der Waals surface area contributed by atoms with Crippen LogP contribution in [0.5, 0.6) is 0 Å². The van der Waals surface area contributed by atoms with Crippen molar-refractivity contribution in [3.8, 4) is 0 Å². The van der Waals surface area contributed by atoms with Gasteiger partial charge in [0.05, 0.1) is 0 Å². The summed E-state index contributed by atoms with van der Waals surface area (Å²) in [7, 11) is 0. The average Bonchev–Trinajstić information content (AvgIpc) is 2.44. The molecule has 2 rings (SSSR count). The molecule has 0 aliphatic carbocycles. The molecule has 15 heavy (non-hydrogen) atoms. The van der Waals surface area contributed by atoms with Gasteiger partial charge >= 0.3 is 0 Å². The first-order valence-electron chi connectivity index (χ1n) is 4.69. The molecule has 0 saturated heterocycles. The van der Waals surface area contributed by atoms with Crippen molar-refractivity contribution < 1.29 is 8.81 Å². The summed E-state index contributed by atoms with van der Waals surface area (Å²) in [5, 5.41) is 0.942. The number of nitrogens with two attached hydrogens (primary N) is 1. The molecule has 0 aliphatic rings. The van der Waals surface area contributed by atoms with Gasteiger partial charge in [-0.15, -0.1) is 0 Å². The Kier molecular flexibility index (Phi) is 2.67. The number of fused-ring (bicyclic) bond motifs is 1. The minimum Gasteiger partial charge on any atom is -0.444 e. The summed E-state index contributed by atoms with van der Waals surface area (Å²) in [5.41, 5.74) is 7.06. The Bertz CT molecular complexity index is 493. The van der Waals surface area contributed by atoms with E-state index in [0.29, 0.717) is 17.4 Å². The lowest BCUT2D eigenvalue weighted by atomic mass is 10.1. The summed E-state index contributed by atoms with van der Waals surface area (Å²) in [5.74, 6) is -0.296. The normalized spacial score (nSPS) is 13.3. The Labute approximate surface area is 91.8 Å².